The summed E-state index contributed by atoms with van der Waals surface area (Å²) in [6.45, 7) is 1.75. The first-order valence-corrected chi connectivity index (χ1v) is 7.45. The van der Waals surface area contributed by atoms with Crippen molar-refractivity contribution in [2.45, 2.75) is 6.92 Å². The van der Waals surface area contributed by atoms with Gasteiger partial charge in [-0.05, 0) is 36.8 Å². The van der Waals surface area contributed by atoms with Crippen LogP contribution in [0.1, 0.15) is 16.1 Å². The number of aryl methyl sites for hydroxylation is 1. The summed E-state index contributed by atoms with van der Waals surface area (Å²) in [5.74, 6) is -0.560. The van der Waals surface area contributed by atoms with E-state index in [0.29, 0.717) is 28.0 Å². The second-order valence-electron chi connectivity index (χ2n) is 5.42. The lowest BCUT2D eigenvalue weighted by Gasteiger charge is -2.06. The number of nitrogens with one attached hydrogen (secondary N) is 1. The monoisotopic (exact) mass is 337 g/mol. The summed E-state index contributed by atoms with van der Waals surface area (Å²) in [4.78, 5) is 12.6. The number of hydrogen-bond donors (Lipinski definition) is 1. The first-order valence-electron chi connectivity index (χ1n) is 7.45. The van der Waals surface area contributed by atoms with Gasteiger partial charge in [0.1, 0.15) is 12.1 Å². The van der Waals surface area contributed by atoms with Gasteiger partial charge in [0.15, 0.2) is 5.65 Å². The Morgan fingerprint density at radius 2 is 2.04 bits per heavy atom. The Morgan fingerprint density at radius 3 is 2.84 bits per heavy atom. The van der Waals surface area contributed by atoms with E-state index >= 15 is 0 Å². The van der Waals surface area contributed by atoms with Gasteiger partial charge in [-0.3, -0.25) is 14.5 Å². The number of rotatable bonds is 3. The van der Waals surface area contributed by atoms with E-state index < -0.39 is 5.91 Å². The number of halogens is 1. The zero-order valence-electron chi connectivity index (χ0n) is 13.1. The van der Waals surface area contributed by atoms with E-state index in [1.807, 2.05) is 0 Å². The molecule has 25 heavy (non-hydrogen) atoms. The number of benzene rings is 1. The molecule has 0 atom stereocenters. The minimum absolute atomic E-state index is 0.190. The van der Waals surface area contributed by atoms with Crippen LogP contribution < -0.4 is 5.32 Å². The van der Waals surface area contributed by atoms with Gasteiger partial charge in [0.05, 0.1) is 16.8 Å². The fourth-order valence-corrected chi connectivity index (χ4v) is 2.61. The summed E-state index contributed by atoms with van der Waals surface area (Å²) >= 11 is 0. The van der Waals surface area contributed by atoms with Crippen LogP contribution in [0.3, 0.4) is 0 Å². The molecule has 1 N–H and O–H groups in total. The number of carbonyl (C=O) groups excluding carboxylic acids is 1. The van der Waals surface area contributed by atoms with Gasteiger partial charge in [-0.25, -0.2) is 4.39 Å². The second kappa shape index (κ2) is 5.82. The van der Waals surface area contributed by atoms with Crippen molar-refractivity contribution >= 4 is 17.4 Å². The highest BCUT2D eigenvalue weighted by Crippen LogP contribution is 2.31. The van der Waals surface area contributed by atoms with Crippen molar-refractivity contribution in [2.24, 2.45) is 0 Å². The lowest BCUT2D eigenvalue weighted by atomic mass is 10.1. The first-order chi connectivity index (χ1) is 12.1. The van der Waals surface area contributed by atoms with Crippen molar-refractivity contribution in [1.29, 1.82) is 0 Å². The molecule has 3 heterocycles. The van der Waals surface area contributed by atoms with Gasteiger partial charge in [0.2, 0.25) is 5.88 Å². The SMILES string of the molecule is Cc1noc(NC(=O)c2cccn3cnnc23)c1-c1ccc(F)cc1. The summed E-state index contributed by atoms with van der Waals surface area (Å²) in [5, 5.41) is 14.3. The van der Waals surface area contributed by atoms with Gasteiger partial charge < -0.3 is 4.52 Å². The van der Waals surface area contributed by atoms with Gasteiger partial charge in [-0.2, -0.15) is 0 Å². The molecule has 0 spiro atoms. The van der Waals surface area contributed by atoms with E-state index in [1.165, 1.54) is 18.5 Å². The molecule has 0 radical (unpaired) electrons. The zero-order chi connectivity index (χ0) is 17.4. The highest BCUT2D eigenvalue weighted by molar-refractivity contribution is 6.09. The van der Waals surface area contributed by atoms with Crippen molar-refractivity contribution in [3.05, 3.63) is 66.0 Å². The lowest BCUT2D eigenvalue weighted by Crippen LogP contribution is -2.13. The third kappa shape index (κ3) is 2.63. The van der Waals surface area contributed by atoms with Crippen LogP contribution in [0.5, 0.6) is 0 Å². The predicted octanol–water partition coefficient (Wildman–Crippen LogP) is 3.08. The number of fused-ring (bicyclic) bond motifs is 1. The smallest absolute Gasteiger partial charge is 0.261 e. The van der Waals surface area contributed by atoms with Crippen LogP contribution >= 0.6 is 0 Å². The molecule has 0 fully saturated rings. The zero-order valence-corrected chi connectivity index (χ0v) is 13.1. The molecule has 4 rings (SSSR count). The normalized spacial score (nSPS) is 11.0. The van der Waals surface area contributed by atoms with Crippen molar-refractivity contribution in [1.82, 2.24) is 19.8 Å². The molecule has 1 amide bonds. The van der Waals surface area contributed by atoms with E-state index in [-0.39, 0.29) is 11.7 Å². The Balaban J connectivity index is 1.71. The summed E-state index contributed by atoms with van der Waals surface area (Å²) in [7, 11) is 0. The molecule has 0 aliphatic heterocycles. The number of aromatic nitrogens is 4. The van der Waals surface area contributed by atoms with Gasteiger partial charge >= 0.3 is 0 Å². The molecule has 1 aromatic carbocycles. The summed E-state index contributed by atoms with van der Waals surface area (Å²) < 4.78 is 20.0. The average Bonchev–Trinajstić information content (AvgIpc) is 3.22. The van der Waals surface area contributed by atoms with E-state index in [1.54, 1.807) is 41.8 Å². The fourth-order valence-electron chi connectivity index (χ4n) is 2.61. The highest BCUT2D eigenvalue weighted by Gasteiger charge is 2.20. The molecule has 7 nitrogen and oxygen atoms in total. The second-order valence-corrected chi connectivity index (χ2v) is 5.42. The molecule has 0 saturated carbocycles. The quantitative estimate of drug-likeness (QED) is 0.621. The van der Waals surface area contributed by atoms with Gasteiger partial charge in [-0.1, -0.05) is 17.3 Å². The van der Waals surface area contributed by atoms with E-state index in [9.17, 15) is 9.18 Å². The Morgan fingerprint density at radius 1 is 1.24 bits per heavy atom. The average molecular weight is 337 g/mol. The Hall–Kier alpha value is -3.55. The van der Waals surface area contributed by atoms with Crippen LogP contribution in [0.25, 0.3) is 16.8 Å². The third-order valence-corrected chi connectivity index (χ3v) is 3.79. The minimum Gasteiger partial charge on any atom is -0.337 e. The largest absolute Gasteiger partial charge is 0.337 e. The fraction of sp³-hybridized carbons (Fsp3) is 0.0588. The van der Waals surface area contributed by atoms with Crippen LogP contribution in [0.4, 0.5) is 10.3 Å². The van der Waals surface area contributed by atoms with Gasteiger partial charge in [0, 0.05) is 6.20 Å². The third-order valence-electron chi connectivity index (χ3n) is 3.79. The summed E-state index contributed by atoms with van der Waals surface area (Å²) in [6, 6.07) is 9.24. The van der Waals surface area contributed by atoms with Crippen molar-refractivity contribution in [3.8, 4) is 11.1 Å². The Bertz CT molecular complexity index is 1070. The Kier molecular flexibility index (Phi) is 3.50. The standard InChI is InChI=1S/C17H12FN5O2/c1-10-14(11-4-6-12(18)7-5-11)17(25-22-10)20-16(24)13-3-2-8-23-9-19-21-15(13)23/h2-9H,1H3,(H,20,24). The summed E-state index contributed by atoms with van der Waals surface area (Å²) in [6.07, 6.45) is 3.25. The van der Waals surface area contributed by atoms with E-state index in [2.05, 4.69) is 20.7 Å². The molecule has 0 bridgehead atoms. The number of pyridine rings is 1. The molecule has 124 valence electrons. The predicted molar refractivity (Wildman–Crippen MR) is 87.6 cm³/mol. The van der Waals surface area contributed by atoms with Crippen LogP contribution in [-0.2, 0) is 0 Å². The van der Waals surface area contributed by atoms with Crippen LogP contribution in [0, 0.1) is 12.7 Å². The number of anilines is 1. The molecule has 4 aromatic rings. The van der Waals surface area contributed by atoms with E-state index in [0.717, 1.165) is 0 Å². The molecule has 0 unspecified atom stereocenters. The lowest BCUT2D eigenvalue weighted by molar-refractivity contribution is 0.102. The topological polar surface area (TPSA) is 85.3 Å². The van der Waals surface area contributed by atoms with Crippen LogP contribution in [-0.4, -0.2) is 25.7 Å². The highest BCUT2D eigenvalue weighted by atomic mass is 19.1. The van der Waals surface area contributed by atoms with E-state index in [4.69, 9.17) is 4.52 Å². The number of hydrogen-bond acceptors (Lipinski definition) is 5. The summed E-state index contributed by atoms with van der Waals surface area (Å²) in [5.41, 5.74) is 2.65. The van der Waals surface area contributed by atoms with Crippen molar-refractivity contribution in [3.63, 3.8) is 0 Å². The maximum atomic E-state index is 13.2. The molecular formula is C17H12FN5O2. The Labute approximate surface area is 141 Å². The molecular weight excluding hydrogens is 325 g/mol. The van der Waals surface area contributed by atoms with Gasteiger partial charge in [0.25, 0.3) is 5.91 Å². The van der Waals surface area contributed by atoms with Crippen LogP contribution in [0.2, 0.25) is 0 Å². The van der Waals surface area contributed by atoms with Crippen molar-refractivity contribution in [2.75, 3.05) is 5.32 Å². The van der Waals surface area contributed by atoms with Crippen LogP contribution in [0.15, 0.2) is 53.4 Å². The van der Waals surface area contributed by atoms with Crippen molar-refractivity contribution < 1.29 is 13.7 Å². The first kappa shape index (κ1) is 15.0. The molecule has 0 aliphatic rings. The maximum absolute atomic E-state index is 13.2. The molecule has 3 aromatic heterocycles. The molecule has 0 saturated heterocycles. The number of carbonyl (C=O) groups is 1. The van der Waals surface area contributed by atoms with Gasteiger partial charge in [-0.15, -0.1) is 10.2 Å². The molecule has 8 heteroatoms. The minimum atomic E-state index is -0.405. The maximum Gasteiger partial charge on any atom is 0.261 e. The number of nitrogens with zero attached hydrogens (tertiary/aromatic N) is 4. The number of amides is 1. The molecule has 0 aliphatic carbocycles.